The molecule has 0 aliphatic carbocycles. The smallest absolute Gasteiger partial charge is 0.317 e. The minimum absolute atomic E-state index is 0.0133. The molecule has 0 bridgehead atoms. The van der Waals surface area contributed by atoms with E-state index in [1.54, 1.807) is 0 Å². The van der Waals surface area contributed by atoms with Gasteiger partial charge in [0, 0.05) is 18.6 Å². The molecule has 1 saturated heterocycles. The van der Waals surface area contributed by atoms with Crippen molar-refractivity contribution < 1.29 is 4.79 Å². The molecule has 3 heteroatoms. The topological polar surface area (TPSA) is 32.3 Å². The van der Waals surface area contributed by atoms with Crippen LogP contribution in [0.1, 0.15) is 85.0 Å². The highest BCUT2D eigenvalue weighted by atomic mass is 16.2. The first-order valence-corrected chi connectivity index (χ1v) is 8.68. The number of urea groups is 1. The van der Waals surface area contributed by atoms with Gasteiger partial charge in [-0.05, 0) is 32.6 Å². The second kappa shape index (κ2) is 9.25. The van der Waals surface area contributed by atoms with Gasteiger partial charge in [0.1, 0.15) is 0 Å². The summed E-state index contributed by atoms with van der Waals surface area (Å²) in [4.78, 5) is 14.3. The first-order chi connectivity index (χ1) is 9.61. The van der Waals surface area contributed by atoms with Gasteiger partial charge >= 0.3 is 6.03 Å². The summed E-state index contributed by atoms with van der Waals surface area (Å²) in [6.07, 6.45) is 12.1. The van der Waals surface area contributed by atoms with Gasteiger partial charge < -0.3 is 10.2 Å². The first-order valence-electron chi connectivity index (χ1n) is 8.68. The van der Waals surface area contributed by atoms with Crippen molar-refractivity contribution in [2.45, 2.75) is 90.5 Å². The van der Waals surface area contributed by atoms with Crippen LogP contribution in [-0.2, 0) is 0 Å². The molecule has 20 heavy (non-hydrogen) atoms. The molecule has 1 aliphatic rings. The molecule has 1 fully saturated rings. The third kappa shape index (κ3) is 6.15. The number of unbranched alkanes of at least 4 members (excludes halogenated alkanes) is 4. The van der Waals surface area contributed by atoms with Crippen LogP contribution in [0, 0.1) is 0 Å². The molecule has 0 radical (unpaired) electrons. The average molecular weight is 282 g/mol. The van der Waals surface area contributed by atoms with Gasteiger partial charge in [-0.25, -0.2) is 4.79 Å². The number of hydrogen-bond acceptors (Lipinski definition) is 1. The van der Waals surface area contributed by atoms with Crippen LogP contribution in [0.2, 0.25) is 0 Å². The fraction of sp³-hybridized carbons (Fsp3) is 0.941. The number of carbonyl (C=O) groups is 1. The summed E-state index contributed by atoms with van der Waals surface area (Å²) in [5, 5.41) is 3.31. The zero-order chi connectivity index (χ0) is 14.8. The molecule has 1 N–H and O–H groups in total. The Morgan fingerprint density at radius 1 is 1.00 bits per heavy atom. The van der Waals surface area contributed by atoms with Gasteiger partial charge in [-0.1, -0.05) is 52.4 Å². The van der Waals surface area contributed by atoms with E-state index < -0.39 is 0 Å². The van der Waals surface area contributed by atoms with E-state index in [0.717, 1.165) is 45.2 Å². The molecule has 0 aromatic rings. The molecule has 0 aromatic carbocycles. The van der Waals surface area contributed by atoms with Gasteiger partial charge in [-0.15, -0.1) is 0 Å². The van der Waals surface area contributed by atoms with Crippen LogP contribution in [0.3, 0.4) is 0 Å². The van der Waals surface area contributed by atoms with E-state index in [2.05, 4.69) is 26.1 Å². The van der Waals surface area contributed by atoms with E-state index in [4.69, 9.17) is 0 Å². The highest BCUT2D eigenvalue weighted by Crippen LogP contribution is 2.22. The summed E-state index contributed by atoms with van der Waals surface area (Å²) in [7, 11) is 0. The molecule has 118 valence electrons. The molecule has 0 spiro atoms. The van der Waals surface area contributed by atoms with Crippen LogP contribution in [0.25, 0.3) is 0 Å². The summed E-state index contributed by atoms with van der Waals surface area (Å²) in [5.41, 5.74) is -0.0133. The zero-order valence-electron chi connectivity index (χ0n) is 13.8. The summed E-state index contributed by atoms with van der Waals surface area (Å²) >= 11 is 0. The Morgan fingerprint density at radius 3 is 2.25 bits per heavy atom. The van der Waals surface area contributed by atoms with Gasteiger partial charge in [0.05, 0.1) is 0 Å². The molecule has 1 heterocycles. The van der Waals surface area contributed by atoms with Crippen molar-refractivity contribution in [3.05, 3.63) is 0 Å². The lowest BCUT2D eigenvalue weighted by atomic mass is 9.89. The standard InChI is InChI=1S/C17H34N2O/c1-4-6-7-8-9-13-17(3,12-5-2)18-16(20)19-14-10-11-15-19/h4-15H2,1-3H3,(H,18,20). The Morgan fingerprint density at radius 2 is 1.65 bits per heavy atom. The number of carbonyl (C=O) groups excluding carboxylic acids is 1. The van der Waals surface area contributed by atoms with Gasteiger partial charge in [0.2, 0.25) is 0 Å². The Bertz CT molecular complexity index is 274. The van der Waals surface area contributed by atoms with Crippen LogP contribution in [0.4, 0.5) is 4.79 Å². The van der Waals surface area contributed by atoms with E-state index in [-0.39, 0.29) is 11.6 Å². The molecular weight excluding hydrogens is 248 g/mol. The lowest BCUT2D eigenvalue weighted by Gasteiger charge is -2.33. The summed E-state index contributed by atoms with van der Waals surface area (Å²) < 4.78 is 0. The average Bonchev–Trinajstić information content (AvgIpc) is 2.92. The maximum absolute atomic E-state index is 12.3. The monoisotopic (exact) mass is 282 g/mol. The second-order valence-corrected chi connectivity index (χ2v) is 6.60. The summed E-state index contributed by atoms with van der Waals surface area (Å²) in [6.45, 7) is 8.55. The van der Waals surface area contributed by atoms with E-state index in [0.29, 0.717) is 0 Å². The molecule has 2 amide bonds. The number of rotatable bonds is 9. The summed E-state index contributed by atoms with van der Waals surface area (Å²) in [6, 6.07) is 0.159. The third-order valence-corrected chi connectivity index (χ3v) is 4.44. The SMILES string of the molecule is CCCCCCCC(C)(CCC)NC(=O)N1CCCC1. The van der Waals surface area contributed by atoms with Gasteiger partial charge in [-0.3, -0.25) is 0 Å². The molecule has 1 aliphatic heterocycles. The van der Waals surface area contributed by atoms with Crippen LogP contribution >= 0.6 is 0 Å². The Labute approximate surface area is 125 Å². The Hall–Kier alpha value is -0.730. The van der Waals surface area contributed by atoms with E-state index >= 15 is 0 Å². The van der Waals surface area contributed by atoms with Crippen molar-refractivity contribution in [3.8, 4) is 0 Å². The van der Waals surface area contributed by atoms with Gasteiger partial charge in [0.15, 0.2) is 0 Å². The quantitative estimate of drug-likeness (QED) is 0.610. The fourth-order valence-corrected chi connectivity index (χ4v) is 3.18. The third-order valence-electron chi connectivity index (χ3n) is 4.44. The predicted molar refractivity (Wildman–Crippen MR) is 86.0 cm³/mol. The molecule has 3 nitrogen and oxygen atoms in total. The minimum Gasteiger partial charge on any atom is -0.333 e. The Kier molecular flexibility index (Phi) is 8.01. The van der Waals surface area contributed by atoms with Crippen molar-refractivity contribution in [2.75, 3.05) is 13.1 Å². The minimum atomic E-state index is -0.0133. The van der Waals surface area contributed by atoms with Crippen LogP contribution in [0.5, 0.6) is 0 Å². The van der Waals surface area contributed by atoms with Crippen molar-refractivity contribution in [1.29, 1.82) is 0 Å². The van der Waals surface area contributed by atoms with Crippen LogP contribution in [0.15, 0.2) is 0 Å². The normalized spacial score (nSPS) is 18.1. The van der Waals surface area contributed by atoms with E-state index in [1.165, 1.54) is 32.1 Å². The lowest BCUT2D eigenvalue weighted by molar-refractivity contribution is 0.188. The molecule has 0 saturated carbocycles. The lowest BCUT2D eigenvalue weighted by Crippen LogP contribution is -2.51. The fourth-order valence-electron chi connectivity index (χ4n) is 3.18. The zero-order valence-corrected chi connectivity index (χ0v) is 13.8. The van der Waals surface area contributed by atoms with E-state index in [1.807, 2.05) is 4.90 Å². The Balaban J connectivity index is 2.37. The van der Waals surface area contributed by atoms with Crippen molar-refractivity contribution in [3.63, 3.8) is 0 Å². The van der Waals surface area contributed by atoms with Gasteiger partial charge in [-0.2, -0.15) is 0 Å². The highest BCUT2D eigenvalue weighted by molar-refractivity contribution is 5.75. The predicted octanol–water partition coefficient (Wildman–Crippen LogP) is 4.71. The van der Waals surface area contributed by atoms with Crippen LogP contribution in [-0.4, -0.2) is 29.6 Å². The number of likely N-dealkylation sites (tertiary alicyclic amines) is 1. The first kappa shape index (κ1) is 17.3. The number of nitrogens with one attached hydrogen (secondary N) is 1. The molecule has 1 unspecified atom stereocenters. The van der Waals surface area contributed by atoms with Crippen molar-refractivity contribution in [1.82, 2.24) is 10.2 Å². The number of hydrogen-bond donors (Lipinski definition) is 1. The molecule has 1 atom stereocenters. The largest absolute Gasteiger partial charge is 0.333 e. The molecule has 1 rings (SSSR count). The van der Waals surface area contributed by atoms with Crippen LogP contribution < -0.4 is 5.32 Å². The van der Waals surface area contributed by atoms with Crippen molar-refractivity contribution in [2.24, 2.45) is 0 Å². The molecule has 0 aromatic heterocycles. The number of amides is 2. The highest BCUT2D eigenvalue weighted by Gasteiger charge is 2.28. The molecular formula is C17H34N2O. The number of nitrogens with zero attached hydrogens (tertiary/aromatic N) is 1. The summed E-state index contributed by atoms with van der Waals surface area (Å²) in [5.74, 6) is 0. The maximum Gasteiger partial charge on any atom is 0.317 e. The second-order valence-electron chi connectivity index (χ2n) is 6.60. The van der Waals surface area contributed by atoms with E-state index in [9.17, 15) is 4.79 Å². The van der Waals surface area contributed by atoms with Crippen molar-refractivity contribution >= 4 is 6.03 Å². The van der Waals surface area contributed by atoms with Gasteiger partial charge in [0.25, 0.3) is 0 Å². The maximum atomic E-state index is 12.3.